The standard InChI is InChI=1S/C13H11ClN2O/c14-12-9-13(17)16(10-15-12)8-4-7-11-5-2-1-3-6-11/h1-7,9-10H,8H2/b7-4+. The van der Waals surface area contributed by atoms with Gasteiger partial charge in [-0.25, -0.2) is 4.98 Å². The molecular formula is C13H11ClN2O. The van der Waals surface area contributed by atoms with Gasteiger partial charge in [0.1, 0.15) is 5.15 Å². The molecule has 0 unspecified atom stereocenters. The second kappa shape index (κ2) is 5.46. The van der Waals surface area contributed by atoms with E-state index in [0.717, 1.165) is 5.56 Å². The highest BCUT2D eigenvalue weighted by Gasteiger charge is 1.95. The van der Waals surface area contributed by atoms with Crippen molar-refractivity contribution in [3.8, 4) is 0 Å². The van der Waals surface area contributed by atoms with Gasteiger partial charge in [-0.05, 0) is 5.56 Å². The summed E-state index contributed by atoms with van der Waals surface area (Å²) in [4.78, 5) is 15.3. The van der Waals surface area contributed by atoms with Crippen LogP contribution in [0.4, 0.5) is 0 Å². The third kappa shape index (κ3) is 3.29. The summed E-state index contributed by atoms with van der Waals surface area (Å²) in [5, 5.41) is 0.221. The van der Waals surface area contributed by atoms with E-state index in [-0.39, 0.29) is 10.7 Å². The van der Waals surface area contributed by atoms with Crippen molar-refractivity contribution in [3.63, 3.8) is 0 Å². The van der Waals surface area contributed by atoms with Gasteiger partial charge < -0.3 is 0 Å². The van der Waals surface area contributed by atoms with E-state index in [2.05, 4.69) is 4.98 Å². The maximum Gasteiger partial charge on any atom is 0.255 e. The zero-order chi connectivity index (χ0) is 12.1. The molecule has 1 heterocycles. The minimum Gasteiger partial charge on any atom is -0.295 e. The molecule has 0 spiro atoms. The van der Waals surface area contributed by atoms with Crippen molar-refractivity contribution in [2.45, 2.75) is 6.54 Å². The summed E-state index contributed by atoms with van der Waals surface area (Å²) in [7, 11) is 0. The molecule has 0 saturated heterocycles. The molecule has 0 aliphatic rings. The fourth-order valence-corrected chi connectivity index (χ4v) is 1.54. The molecule has 0 radical (unpaired) electrons. The van der Waals surface area contributed by atoms with Gasteiger partial charge in [0.05, 0.1) is 6.33 Å². The topological polar surface area (TPSA) is 34.9 Å². The quantitative estimate of drug-likeness (QED) is 0.781. The van der Waals surface area contributed by atoms with Gasteiger partial charge in [-0.2, -0.15) is 0 Å². The lowest BCUT2D eigenvalue weighted by Gasteiger charge is -1.99. The van der Waals surface area contributed by atoms with Crippen LogP contribution in [-0.4, -0.2) is 9.55 Å². The summed E-state index contributed by atoms with van der Waals surface area (Å²) >= 11 is 5.60. The van der Waals surface area contributed by atoms with Crippen molar-refractivity contribution in [2.75, 3.05) is 0 Å². The predicted octanol–water partition coefficient (Wildman–Crippen LogP) is 2.61. The van der Waals surface area contributed by atoms with Crippen molar-refractivity contribution < 1.29 is 0 Å². The van der Waals surface area contributed by atoms with E-state index in [4.69, 9.17) is 11.6 Å². The summed E-state index contributed by atoms with van der Waals surface area (Å²) in [6.45, 7) is 0.484. The predicted molar refractivity (Wildman–Crippen MR) is 69.0 cm³/mol. The highest BCUT2D eigenvalue weighted by Crippen LogP contribution is 2.01. The van der Waals surface area contributed by atoms with E-state index in [1.807, 2.05) is 42.5 Å². The maximum atomic E-state index is 11.5. The Morgan fingerprint density at radius 3 is 2.76 bits per heavy atom. The second-order valence-electron chi connectivity index (χ2n) is 3.52. The minimum atomic E-state index is -0.150. The minimum absolute atomic E-state index is 0.150. The Morgan fingerprint density at radius 2 is 2.06 bits per heavy atom. The zero-order valence-electron chi connectivity index (χ0n) is 9.08. The van der Waals surface area contributed by atoms with Crippen molar-refractivity contribution in [1.29, 1.82) is 0 Å². The summed E-state index contributed by atoms with van der Waals surface area (Å²) in [6.07, 6.45) is 5.31. The molecule has 0 aliphatic heterocycles. The number of nitrogens with zero attached hydrogens (tertiary/aromatic N) is 2. The fraction of sp³-hybridized carbons (Fsp3) is 0.0769. The molecule has 86 valence electrons. The third-order valence-corrected chi connectivity index (χ3v) is 2.46. The molecule has 0 amide bonds. The first-order valence-electron chi connectivity index (χ1n) is 5.19. The lowest BCUT2D eigenvalue weighted by Crippen LogP contribution is -2.18. The molecule has 17 heavy (non-hydrogen) atoms. The molecule has 0 bridgehead atoms. The molecular weight excluding hydrogens is 236 g/mol. The number of allylic oxidation sites excluding steroid dienone is 1. The van der Waals surface area contributed by atoms with Gasteiger partial charge in [0.25, 0.3) is 5.56 Å². The number of hydrogen-bond donors (Lipinski definition) is 0. The smallest absolute Gasteiger partial charge is 0.255 e. The van der Waals surface area contributed by atoms with Gasteiger partial charge in [-0.15, -0.1) is 0 Å². The van der Waals surface area contributed by atoms with Crippen molar-refractivity contribution in [3.05, 3.63) is 69.9 Å². The molecule has 1 aromatic carbocycles. The first-order valence-corrected chi connectivity index (χ1v) is 5.57. The van der Waals surface area contributed by atoms with Crippen LogP contribution in [0.25, 0.3) is 6.08 Å². The number of aromatic nitrogens is 2. The Labute approximate surface area is 104 Å². The van der Waals surface area contributed by atoms with E-state index >= 15 is 0 Å². The lowest BCUT2D eigenvalue weighted by molar-refractivity contribution is 0.755. The average Bonchev–Trinajstić information content (AvgIpc) is 2.33. The van der Waals surface area contributed by atoms with E-state index in [1.54, 1.807) is 0 Å². The van der Waals surface area contributed by atoms with Crippen LogP contribution in [0.2, 0.25) is 5.15 Å². The average molecular weight is 247 g/mol. The first-order chi connectivity index (χ1) is 8.25. The molecule has 0 atom stereocenters. The van der Waals surface area contributed by atoms with Crippen LogP contribution in [0.3, 0.4) is 0 Å². The number of hydrogen-bond acceptors (Lipinski definition) is 2. The lowest BCUT2D eigenvalue weighted by atomic mass is 10.2. The molecule has 2 aromatic rings. The highest BCUT2D eigenvalue weighted by atomic mass is 35.5. The van der Waals surface area contributed by atoms with Gasteiger partial charge in [0, 0.05) is 12.6 Å². The summed E-state index contributed by atoms with van der Waals surface area (Å²) in [5.74, 6) is 0. The zero-order valence-corrected chi connectivity index (χ0v) is 9.84. The van der Waals surface area contributed by atoms with Crippen LogP contribution in [0, 0.1) is 0 Å². The van der Waals surface area contributed by atoms with Crippen LogP contribution in [0.15, 0.2) is 53.6 Å². The third-order valence-electron chi connectivity index (χ3n) is 2.26. The van der Waals surface area contributed by atoms with Crippen molar-refractivity contribution in [2.24, 2.45) is 0 Å². The van der Waals surface area contributed by atoms with E-state index in [1.165, 1.54) is 17.0 Å². The van der Waals surface area contributed by atoms with Gasteiger partial charge in [-0.3, -0.25) is 9.36 Å². The normalized spacial score (nSPS) is 10.9. The van der Waals surface area contributed by atoms with Crippen LogP contribution in [0.1, 0.15) is 5.56 Å². The van der Waals surface area contributed by atoms with Crippen molar-refractivity contribution in [1.82, 2.24) is 9.55 Å². The van der Waals surface area contributed by atoms with E-state index < -0.39 is 0 Å². The Hall–Kier alpha value is -1.87. The molecule has 3 nitrogen and oxygen atoms in total. The molecule has 2 rings (SSSR count). The van der Waals surface area contributed by atoms with Crippen molar-refractivity contribution >= 4 is 17.7 Å². The summed E-state index contributed by atoms with van der Waals surface area (Å²) in [6, 6.07) is 11.2. The van der Waals surface area contributed by atoms with Gasteiger partial charge in [0.2, 0.25) is 0 Å². The Morgan fingerprint density at radius 1 is 1.29 bits per heavy atom. The Kier molecular flexibility index (Phi) is 3.73. The fourth-order valence-electron chi connectivity index (χ4n) is 1.41. The molecule has 0 aliphatic carbocycles. The monoisotopic (exact) mass is 246 g/mol. The van der Waals surface area contributed by atoms with Crippen LogP contribution in [0.5, 0.6) is 0 Å². The maximum absolute atomic E-state index is 11.5. The Balaban J connectivity index is 2.08. The molecule has 0 saturated carbocycles. The number of rotatable bonds is 3. The molecule has 4 heteroatoms. The SMILES string of the molecule is O=c1cc(Cl)ncn1C/C=C/c1ccccc1. The van der Waals surface area contributed by atoms with Gasteiger partial charge in [0.15, 0.2) is 0 Å². The molecule has 0 N–H and O–H groups in total. The number of benzene rings is 1. The summed E-state index contributed by atoms with van der Waals surface area (Å²) in [5.41, 5.74) is 0.949. The van der Waals surface area contributed by atoms with E-state index in [9.17, 15) is 4.79 Å². The van der Waals surface area contributed by atoms with Gasteiger partial charge in [-0.1, -0.05) is 54.1 Å². The largest absolute Gasteiger partial charge is 0.295 e. The first kappa shape index (κ1) is 11.6. The highest BCUT2D eigenvalue weighted by molar-refractivity contribution is 6.29. The van der Waals surface area contributed by atoms with Gasteiger partial charge >= 0.3 is 0 Å². The van der Waals surface area contributed by atoms with Crippen LogP contribution in [-0.2, 0) is 6.54 Å². The van der Waals surface area contributed by atoms with Crippen LogP contribution >= 0.6 is 11.6 Å². The van der Waals surface area contributed by atoms with E-state index in [0.29, 0.717) is 6.54 Å². The number of halogens is 1. The molecule has 1 aromatic heterocycles. The Bertz CT molecular complexity index is 575. The van der Waals surface area contributed by atoms with Crippen LogP contribution < -0.4 is 5.56 Å². The summed E-state index contributed by atoms with van der Waals surface area (Å²) < 4.78 is 1.49. The molecule has 0 fully saturated rings. The second-order valence-corrected chi connectivity index (χ2v) is 3.90.